The van der Waals surface area contributed by atoms with Crippen molar-refractivity contribution in [1.29, 1.82) is 0 Å². The number of hydrogen-bond acceptors (Lipinski definition) is 3. The molecule has 1 unspecified atom stereocenters. The highest BCUT2D eigenvalue weighted by Gasteiger charge is 2.29. The Bertz CT molecular complexity index is 347. The lowest BCUT2D eigenvalue weighted by Crippen LogP contribution is -2.43. The number of thioether (sulfide) groups is 1. The van der Waals surface area contributed by atoms with Crippen LogP contribution in [0.5, 0.6) is 0 Å². The van der Waals surface area contributed by atoms with Crippen LogP contribution < -0.4 is 10.6 Å². The zero-order valence-electron chi connectivity index (χ0n) is 14.7. The first kappa shape index (κ1) is 17.9. The molecule has 0 aromatic carbocycles. The van der Waals surface area contributed by atoms with Gasteiger partial charge in [-0.1, -0.05) is 12.8 Å². The van der Waals surface area contributed by atoms with Crippen molar-refractivity contribution in [3.63, 3.8) is 0 Å². The summed E-state index contributed by atoms with van der Waals surface area (Å²) in [6.45, 7) is 8.41. The standard InChI is InChI=1S/C17H34N4S/c1-4-18-16(20-14-17(2)10-7-13-22-17)19-11-12-21(3)15-8-5-6-9-15/h15H,4-14H2,1-3H3,(H2,18,19,20). The third-order valence-corrected chi connectivity index (χ3v) is 6.44. The van der Waals surface area contributed by atoms with E-state index in [9.17, 15) is 0 Å². The molecule has 4 nitrogen and oxygen atoms in total. The van der Waals surface area contributed by atoms with Gasteiger partial charge in [-0.3, -0.25) is 4.99 Å². The van der Waals surface area contributed by atoms with E-state index in [1.54, 1.807) is 0 Å². The van der Waals surface area contributed by atoms with Gasteiger partial charge in [0.1, 0.15) is 0 Å². The summed E-state index contributed by atoms with van der Waals surface area (Å²) >= 11 is 2.08. The molecular formula is C17H34N4S. The van der Waals surface area contributed by atoms with E-state index in [1.165, 1.54) is 44.3 Å². The number of aliphatic imine (C=N–C) groups is 1. The summed E-state index contributed by atoms with van der Waals surface area (Å²) in [5.41, 5.74) is 0. The third kappa shape index (κ3) is 5.65. The van der Waals surface area contributed by atoms with E-state index < -0.39 is 0 Å². The zero-order chi connectivity index (χ0) is 15.8. The van der Waals surface area contributed by atoms with E-state index in [0.717, 1.165) is 38.2 Å². The molecule has 0 spiro atoms. The van der Waals surface area contributed by atoms with Gasteiger partial charge in [0.2, 0.25) is 0 Å². The van der Waals surface area contributed by atoms with Crippen LogP contribution in [0.4, 0.5) is 0 Å². The highest BCUT2D eigenvalue weighted by atomic mass is 32.2. The van der Waals surface area contributed by atoms with Crippen molar-refractivity contribution in [2.24, 2.45) is 4.99 Å². The van der Waals surface area contributed by atoms with Gasteiger partial charge in [0.15, 0.2) is 5.96 Å². The largest absolute Gasteiger partial charge is 0.357 e. The molecule has 0 amide bonds. The smallest absolute Gasteiger partial charge is 0.191 e. The van der Waals surface area contributed by atoms with Crippen molar-refractivity contribution in [2.75, 3.05) is 39.0 Å². The maximum Gasteiger partial charge on any atom is 0.191 e. The molecule has 0 radical (unpaired) electrons. The van der Waals surface area contributed by atoms with Gasteiger partial charge in [0.05, 0.1) is 6.54 Å². The van der Waals surface area contributed by atoms with Crippen molar-refractivity contribution in [1.82, 2.24) is 15.5 Å². The Hall–Kier alpha value is -0.420. The molecule has 2 rings (SSSR count). The van der Waals surface area contributed by atoms with Gasteiger partial charge in [0, 0.05) is 30.4 Å². The molecule has 2 aliphatic rings. The zero-order valence-corrected chi connectivity index (χ0v) is 15.5. The molecule has 128 valence electrons. The maximum atomic E-state index is 4.82. The average Bonchev–Trinajstić information content (AvgIpc) is 3.16. The SMILES string of the molecule is CCNC(=NCC1(C)CCCS1)NCCN(C)C1CCCC1. The Balaban J connectivity index is 1.73. The molecule has 0 aromatic heterocycles. The Kier molecular flexibility index (Phi) is 7.35. The van der Waals surface area contributed by atoms with Crippen LogP contribution in [0.25, 0.3) is 0 Å². The number of nitrogens with one attached hydrogen (secondary N) is 2. The van der Waals surface area contributed by atoms with Gasteiger partial charge < -0.3 is 15.5 Å². The van der Waals surface area contributed by atoms with E-state index in [-0.39, 0.29) is 0 Å². The number of guanidine groups is 1. The minimum atomic E-state index is 0.350. The first-order valence-corrected chi connectivity index (χ1v) is 9.98. The number of likely N-dealkylation sites (N-methyl/N-ethyl adjacent to an activating group) is 1. The molecule has 1 saturated carbocycles. The molecule has 0 aromatic rings. The molecule has 1 heterocycles. The molecule has 1 aliphatic carbocycles. The van der Waals surface area contributed by atoms with Crippen LogP contribution >= 0.6 is 11.8 Å². The second kappa shape index (κ2) is 9.02. The Morgan fingerprint density at radius 1 is 1.27 bits per heavy atom. The minimum absolute atomic E-state index is 0.350. The third-order valence-electron chi connectivity index (χ3n) is 4.92. The van der Waals surface area contributed by atoms with Crippen LogP contribution in [0.3, 0.4) is 0 Å². The highest BCUT2D eigenvalue weighted by Crippen LogP contribution is 2.37. The lowest BCUT2D eigenvalue weighted by Gasteiger charge is -2.25. The van der Waals surface area contributed by atoms with Crippen molar-refractivity contribution in [3.8, 4) is 0 Å². The summed E-state index contributed by atoms with van der Waals surface area (Å²) in [4.78, 5) is 7.33. The number of rotatable bonds is 7. The normalized spacial score (nSPS) is 26.8. The Labute approximate surface area is 140 Å². The molecule has 22 heavy (non-hydrogen) atoms. The van der Waals surface area contributed by atoms with Crippen molar-refractivity contribution >= 4 is 17.7 Å². The average molecular weight is 327 g/mol. The van der Waals surface area contributed by atoms with Gasteiger partial charge in [-0.15, -0.1) is 0 Å². The van der Waals surface area contributed by atoms with Gasteiger partial charge in [-0.25, -0.2) is 0 Å². The first-order valence-electron chi connectivity index (χ1n) is 8.99. The summed E-state index contributed by atoms with van der Waals surface area (Å²) in [6, 6.07) is 0.801. The monoisotopic (exact) mass is 326 g/mol. The Morgan fingerprint density at radius 2 is 2.05 bits per heavy atom. The van der Waals surface area contributed by atoms with Crippen LogP contribution in [0.2, 0.25) is 0 Å². The first-order chi connectivity index (χ1) is 10.6. The summed E-state index contributed by atoms with van der Waals surface area (Å²) < 4.78 is 0.350. The predicted octanol–water partition coefficient (Wildman–Crippen LogP) is 2.70. The maximum absolute atomic E-state index is 4.82. The van der Waals surface area contributed by atoms with Gasteiger partial charge >= 0.3 is 0 Å². The quantitative estimate of drug-likeness (QED) is 0.557. The lowest BCUT2D eigenvalue weighted by atomic mass is 10.1. The second-order valence-electron chi connectivity index (χ2n) is 6.94. The summed E-state index contributed by atoms with van der Waals surface area (Å²) in [7, 11) is 2.26. The summed E-state index contributed by atoms with van der Waals surface area (Å²) in [5, 5.41) is 6.88. The molecule has 5 heteroatoms. The molecule has 2 fully saturated rings. The van der Waals surface area contributed by atoms with E-state index in [1.807, 2.05) is 0 Å². The van der Waals surface area contributed by atoms with E-state index in [2.05, 4.69) is 48.2 Å². The molecule has 1 aliphatic heterocycles. The van der Waals surface area contributed by atoms with E-state index in [4.69, 9.17) is 4.99 Å². The van der Waals surface area contributed by atoms with Crippen LogP contribution in [0.1, 0.15) is 52.4 Å². The van der Waals surface area contributed by atoms with E-state index in [0.29, 0.717) is 4.75 Å². The van der Waals surface area contributed by atoms with Crippen LogP contribution in [0, 0.1) is 0 Å². The predicted molar refractivity (Wildman–Crippen MR) is 99.0 cm³/mol. The molecule has 1 saturated heterocycles. The fraction of sp³-hybridized carbons (Fsp3) is 0.941. The Morgan fingerprint density at radius 3 is 2.68 bits per heavy atom. The lowest BCUT2D eigenvalue weighted by molar-refractivity contribution is 0.249. The minimum Gasteiger partial charge on any atom is -0.357 e. The molecule has 0 bridgehead atoms. The van der Waals surface area contributed by atoms with Crippen molar-refractivity contribution in [2.45, 2.75) is 63.2 Å². The molecular weight excluding hydrogens is 292 g/mol. The number of hydrogen-bond donors (Lipinski definition) is 2. The van der Waals surface area contributed by atoms with Crippen LogP contribution in [-0.2, 0) is 0 Å². The van der Waals surface area contributed by atoms with Crippen molar-refractivity contribution in [3.05, 3.63) is 0 Å². The van der Waals surface area contributed by atoms with Crippen LogP contribution in [-0.4, -0.2) is 60.6 Å². The summed E-state index contributed by atoms with van der Waals surface area (Å²) in [6.07, 6.45) is 8.20. The number of nitrogens with zero attached hydrogens (tertiary/aromatic N) is 2. The topological polar surface area (TPSA) is 39.7 Å². The highest BCUT2D eigenvalue weighted by molar-refractivity contribution is 8.00. The van der Waals surface area contributed by atoms with Gasteiger partial charge in [0.25, 0.3) is 0 Å². The fourth-order valence-electron chi connectivity index (χ4n) is 3.43. The van der Waals surface area contributed by atoms with Gasteiger partial charge in [-0.05, 0) is 52.3 Å². The van der Waals surface area contributed by atoms with Crippen molar-refractivity contribution < 1.29 is 0 Å². The fourth-order valence-corrected chi connectivity index (χ4v) is 4.65. The molecule has 2 N–H and O–H groups in total. The summed E-state index contributed by atoms with van der Waals surface area (Å²) in [5.74, 6) is 2.28. The van der Waals surface area contributed by atoms with Gasteiger partial charge in [-0.2, -0.15) is 11.8 Å². The van der Waals surface area contributed by atoms with Crippen LogP contribution in [0.15, 0.2) is 4.99 Å². The second-order valence-corrected chi connectivity index (χ2v) is 8.63. The molecule has 1 atom stereocenters. The van der Waals surface area contributed by atoms with E-state index >= 15 is 0 Å².